The van der Waals surface area contributed by atoms with Crippen LogP contribution in [0.5, 0.6) is 0 Å². The number of esters is 1. The summed E-state index contributed by atoms with van der Waals surface area (Å²) in [6, 6.07) is 9.66. The van der Waals surface area contributed by atoms with Crippen LogP contribution in [-0.4, -0.2) is 30.1 Å². The number of carbonyl (C=O) groups excluding carboxylic acids is 1. The molecule has 2 rings (SSSR count). The van der Waals surface area contributed by atoms with Gasteiger partial charge in [-0.25, -0.2) is 5.01 Å². The van der Waals surface area contributed by atoms with E-state index in [2.05, 4.69) is 5.43 Å². The molecule has 0 aliphatic carbocycles. The number of nitrogens with zero attached hydrogens (tertiary/aromatic N) is 1. The van der Waals surface area contributed by atoms with Gasteiger partial charge in [-0.05, 0) is 24.8 Å². The van der Waals surface area contributed by atoms with Crippen molar-refractivity contribution in [3.05, 3.63) is 35.9 Å². The van der Waals surface area contributed by atoms with Crippen molar-refractivity contribution in [1.82, 2.24) is 10.4 Å². The molecule has 1 aromatic carbocycles. The summed E-state index contributed by atoms with van der Waals surface area (Å²) >= 11 is 0. The summed E-state index contributed by atoms with van der Waals surface area (Å²) in [6.07, 6.45) is 3.10. The van der Waals surface area contributed by atoms with E-state index >= 15 is 0 Å². The van der Waals surface area contributed by atoms with Crippen molar-refractivity contribution in [2.75, 3.05) is 13.1 Å². The van der Waals surface area contributed by atoms with Gasteiger partial charge < -0.3 is 4.74 Å². The number of benzene rings is 1. The van der Waals surface area contributed by atoms with Crippen molar-refractivity contribution < 1.29 is 9.53 Å². The fourth-order valence-electron chi connectivity index (χ4n) is 2.39. The average molecular weight is 262 g/mol. The Morgan fingerprint density at radius 1 is 1.37 bits per heavy atom. The number of carbonyl (C=O) groups is 1. The monoisotopic (exact) mass is 262 g/mol. The molecule has 1 aliphatic heterocycles. The summed E-state index contributed by atoms with van der Waals surface area (Å²) in [5.41, 5.74) is 4.28. The third kappa shape index (κ3) is 4.04. The predicted octanol–water partition coefficient (Wildman–Crippen LogP) is 2.11. The van der Waals surface area contributed by atoms with Crippen LogP contribution in [-0.2, 0) is 16.1 Å². The van der Waals surface area contributed by atoms with Gasteiger partial charge in [0.15, 0.2) is 0 Å². The molecule has 4 nitrogen and oxygen atoms in total. The molecule has 0 bridgehead atoms. The maximum atomic E-state index is 12.2. The summed E-state index contributed by atoms with van der Waals surface area (Å²) < 4.78 is 5.42. The number of nitrogens with one attached hydrogen (secondary N) is 1. The van der Waals surface area contributed by atoms with Gasteiger partial charge in [0.1, 0.15) is 12.6 Å². The van der Waals surface area contributed by atoms with Crippen molar-refractivity contribution in [1.29, 1.82) is 0 Å². The van der Waals surface area contributed by atoms with E-state index in [1.165, 1.54) is 0 Å². The van der Waals surface area contributed by atoms with Gasteiger partial charge in [0.25, 0.3) is 0 Å². The highest BCUT2D eigenvalue weighted by molar-refractivity contribution is 5.75. The lowest BCUT2D eigenvalue weighted by atomic mass is 10.0. The van der Waals surface area contributed by atoms with E-state index in [-0.39, 0.29) is 12.0 Å². The molecule has 0 saturated carbocycles. The fourth-order valence-corrected chi connectivity index (χ4v) is 2.39. The molecule has 1 saturated heterocycles. The van der Waals surface area contributed by atoms with Crippen LogP contribution >= 0.6 is 0 Å². The lowest BCUT2D eigenvalue weighted by Crippen LogP contribution is -2.52. The number of ether oxygens (including phenoxy) is 1. The molecule has 0 spiro atoms. The number of rotatable bonds is 5. The van der Waals surface area contributed by atoms with Gasteiger partial charge in [-0.3, -0.25) is 10.2 Å². The Bertz CT molecular complexity index is 392. The quantitative estimate of drug-likeness (QED) is 0.825. The van der Waals surface area contributed by atoms with Crippen LogP contribution in [0, 0.1) is 0 Å². The normalized spacial score (nSPS) is 20.2. The Morgan fingerprint density at radius 3 is 2.89 bits per heavy atom. The third-order valence-electron chi connectivity index (χ3n) is 3.36. The van der Waals surface area contributed by atoms with Crippen molar-refractivity contribution in [2.45, 2.75) is 38.8 Å². The largest absolute Gasteiger partial charge is 0.460 e. The highest BCUT2D eigenvalue weighted by atomic mass is 16.5. The molecule has 1 N–H and O–H groups in total. The van der Waals surface area contributed by atoms with Crippen molar-refractivity contribution in [3.63, 3.8) is 0 Å². The van der Waals surface area contributed by atoms with Crippen LogP contribution in [0.4, 0.5) is 0 Å². The first-order valence-electron chi connectivity index (χ1n) is 7.02. The second kappa shape index (κ2) is 7.26. The molecule has 19 heavy (non-hydrogen) atoms. The summed E-state index contributed by atoms with van der Waals surface area (Å²) in [6.45, 7) is 4.15. The molecule has 0 radical (unpaired) electrons. The first-order chi connectivity index (χ1) is 9.31. The third-order valence-corrected chi connectivity index (χ3v) is 3.36. The maximum absolute atomic E-state index is 12.2. The molecular formula is C15H22N2O2. The lowest BCUT2D eigenvalue weighted by Gasteiger charge is -2.33. The molecule has 1 aromatic rings. The Morgan fingerprint density at radius 2 is 2.16 bits per heavy atom. The van der Waals surface area contributed by atoms with Crippen molar-refractivity contribution in [2.24, 2.45) is 0 Å². The predicted molar refractivity (Wildman–Crippen MR) is 74.3 cm³/mol. The minimum atomic E-state index is -0.141. The Labute approximate surface area is 114 Å². The Hall–Kier alpha value is -1.39. The molecule has 0 amide bonds. The summed E-state index contributed by atoms with van der Waals surface area (Å²) in [5.74, 6) is -0.121. The topological polar surface area (TPSA) is 41.6 Å². The van der Waals surface area contributed by atoms with Crippen molar-refractivity contribution >= 4 is 5.97 Å². The molecule has 1 fully saturated rings. The van der Waals surface area contributed by atoms with Crippen LogP contribution in [0.15, 0.2) is 30.3 Å². The second-order valence-corrected chi connectivity index (χ2v) is 4.81. The first kappa shape index (κ1) is 14.0. The standard InChI is InChI=1S/C15H22N2O2/c1-2-16-17-11-7-6-10-14(17)15(18)19-12-13-8-4-3-5-9-13/h3-5,8-9,14,16H,2,6-7,10-12H2,1H3. The zero-order valence-electron chi connectivity index (χ0n) is 11.5. The number of hydrogen-bond donors (Lipinski definition) is 1. The average Bonchev–Trinajstić information content (AvgIpc) is 2.47. The van der Waals surface area contributed by atoms with E-state index in [1.54, 1.807) is 0 Å². The van der Waals surface area contributed by atoms with Crippen LogP contribution in [0.25, 0.3) is 0 Å². The summed E-state index contributed by atoms with van der Waals surface area (Å²) in [4.78, 5) is 12.2. The first-order valence-corrected chi connectivity index (χ1v) is 7.02. The highest BCUT2D eigenvalue weighted by Gasteiger charge is 2.29. The maximum Gasteiger partial charge on any atom is 0.325 e. The Balaban J connectivity index is 1.87. The SMILES string of the molecule is CCNN1CCCCC1C(=O)OCc1ccccc1. The molecule has 1 atom stereocenters. The molecule has 104 valence electrons. The van der Waals surface area contributed by atoms with Crippen LogP contribution in [0.1, 0.15) is 31.7 Å². The minimum Gasteiger partial charge on any atom is -0.460 e. The fraction of sp³-hybridized carbons (Fsp3) is 0.533. The van der Waals surface area contributed by atoms with Gasteiger partial charge in [-0.2, -0.15) is 0 Å². The molecule has 0 aromatic heterocycles. The van der Waals surface area contributed by atoms with Gasteiger partial charge in [-0.1, -0.05) is 37.3 Å². The van der Waals surface area contributed by atoms with Crippen LogP contribution in [0.2, 0.25) is 0 Å². The van der Waals surface area contributed by atoms with Gasteiger partial charge in [-0.15, -0.1) is 0 Å². The zero-order valence-corrected chi connectivity index (χ0v) is 11.5. The second-order valence-electron chi connectivity index (χ2n) is 4.81. The number of hydrazine groups is 1. The van der Waals surface area contributed by atoms with E-state index in [9.17, 15) is 4.79 Å². The number of hydrogen-bond acceptors (Lipinski definition) is 4. The van der Waals surface area contributed by atoms with E-state index in [0.717, 1.165) is 37.9 Å². The molecule has 1 heterocycles. The van der Waals surface area contributed by atoms with Gasteiger partial charge >= 0.3 is 5.97 Å². The van der Waals surface area contributed by atoms with Crippen molar-refractivity contribution in [3.8, 4) is 0 Å². The van der Waals surface area contributed by atoms with E-state index in [4.69, 9.17) is 4.74 Å². The highest BCUT2D eigenvalue weighted by Crippen LogP contribution is 2.16. The molecule has 4 heteroatoms. The van der Waals surface area contributed by atoms with Gasteiger partial charge in [0, 0.05) is 13.1 Å². The van der Waals surface area contributed by atoms with Crippen LogP contribution < -0.4 is 5.43 Å². The van der Waals surface area contributed by atoms with Crippen LogP contribution in [0.3, 0.4) is 0 Å². The smallest absolute Gasteiger partial charge is 0.325 e. The summed E-state index contributed by atoms with van der Waals surface area (Å²) in [7, 11) is 0. The van der Waals surface area contributed by atoms with E-state index in [1.807, 2.05) is 42.3 Å². The number of piperidine rings is 1. The molecular weight excluding hydrogens is 240 g/mol. The van der Waals surface area contributed by atoms with E-state index < -0.39 is 0 Å². The molecule has 1 aliphatic rings. The van der Waals surface area contributed by atoms with Gasteiger partial charge in [0.05, 0.1) is 0 Å². The summed E-state index contributed by atoms with van der Waals surface area (Å²) in [5, 5.41) is 2.02. The van der Waals surface area contributed by atoms with E-state index in [0.29, 0.717) is 6.61 Å². The zero-order chi connectivity index (χ0) is 13.5. The lowest BCUT2D eigenvalue weighted by molar-refractivity contribution is -0.154. The molecule has 1 unspecified atom stereocenters. The minimum absolute atomic E-state index is 0.121. The van der Waals surface area contributed by atoms with Gasteiger partial charge in [0.2, 0.25) is 0 Å². The Kier molecular flexibility index (Phi) is 5.36.